The minimum atomic E-state index is -0.590. The van der Waals surface area contributed by atoms with E-state index in [1.54, 1.807) is 24.3 Å². The molecule has 0 unspecified atom stereocenters. The quantitative estimate of drug-likeness (QED) is 0.693. The predicted octanol–water partition coefficient (Wildman–Crippen LogP) is 3.13. The maximum Gasteiger partial charge on any atom is 0.267 e. The summed E-state index contributed by atoms with van der Waals surface area (Å²) in [5.41, 5.74) is 7.43. The van der Waals surface area contributed by atoms with Crippen LogP contribution in [0.2, 0.25) is 0 Å². The molecule has 0 atom stereocenters. The molecule has 2 aromatic carbocycles. The van der Waals surface area contributed by atoms with Gasteiger partial charge in [-0.05, 0) is 35.7 Å². The number of carbonyl (C=O) groups excluding carboxylic acids is 2. The molecule has 6 nitrogen and oxygen atoms in total. The molecule has 130 valence electrons. The first-order valence-corrected chi connectivity index (χ1v) is 7.85. The number of nitrogens with zero attached hydrogens (tertiary/aromatic N) is 1. The van der Waals surface area contributed by atoms with E-state index in [4.69, 9.17) is 10.5 Å². The van der Waals surface area contributed by atoms with Crippen molar-refractivity contribution < 1.29 is 14.3 Å². The van der Waals surface area contributed by atoms with E-state index in [0.29, 0.717) is 17.1 Å². The molecule has 0 bridgehead atoms. The van der Waals surface area contributed by atoms with Gasteiger partial charge in [-0.3, -0.25) is 9.59 Å². The summed E-state index contributed by atoms with van der Waals surface area (Å²) >= 11 is 0. The zero-order valence-corrected chi connectivity index (χ0v) is 14.2. The zero-order valence-electron chi connectivity index (χ0n) is 14.2. The third-order valence-electron chi connectivity index (χ3n) is 3.93. The minimum Gasteiger partial charge on any atom is -0.495 e. The largest absolute Gasteiger partial charge is 0.495 e. The molecule has 0 aliphatic rings. The number of nitrogens with two attached hydrogens (primary N) is 1. The number of amides is 2. The van der Waals surface area contributed by atoms with Crippen molar-refractivity contribution in [3.8, 4) is 17.0 Å². The highest BCUT2D eigenvalue weighted by Crippen LogP contribution is 2.35. The van der Waals surface area contributed by atoms with E-state index in [1.165, 1.54) is 13.2 Å². The Morgan fingerprint density at radius 1 is 1.19 bits per heavy atom. The Bertz CT molecular complexity index is 1030. The van der Waals surface area contributed by atoms with E-state index >= 15 is 0 Å². The van der Waals surface area contributed by atoms with Gasteiger partial charge in [-0.15, -0.1) is 0 Å². The highest BCUT2D eigenvalue weighted by Gasteiger charge is 2.12. The first-order valence-electron chi connectivity index (χ1n) is 7.85. The monoisotopic (exact) mass is 347 g/mol. The van der Waals surface area contributed by atoms with Crippen molar-refractivity contribution in [2.75, 3.05) is 12.4 Å². The first-order chi connectivity index (χ1) is 12.5. The van der Waals surface area contributed by atoms with Crippen molar-refractivity contribution in [3.05, 3.63) is 66.9 Å². The van der Waals surface area contributed by atoms with Gasteiger partial charge in [0, 0.05) is 10.9 Å². The first kappa shape index (κ1) is 17.2. The smallest absolute Gasteiger partial charge is 0.267 e. The Kier molecular flexibility index (Phi) is 4.66. The lowest BCUT2D eigenvalue weighted by Crippen LogP contribution is -2.13. The van der Waals surface area contributed by atoms with Crippen LogP contribution in [-0.2, 0) is 4.79 Å². The van der Waals surface area contributed by atoms with E-state index in [0.717, 1.165) is 16.3 Å². The molecule has 3 N–H and O–H groups in total. The molecular weight excluding hydrogens is 330 g/mol. The maximum absolute atomic E-state index is 11.8. The number of anilines is 1. The lowest BCUT2D eigenvalue weighted by molar-refractivity contribution is -0.111. The van der Waals surface area contributed by atoms with Gasteiger partial charge in [0.2, 0.25) is 5.91 Å². The van der Waals surface area contributed by atoms with Crippen LogP contribution in [0.25, 0.3) is 22.0 Å². The summed E-state index contributed by atoms with van der Waals surface area (Å²) in [6.45, 7) is 3.48. The zero-order chi connectivity index (χ0) is 18.7. The normalized spacial score (nSPS) is 10.3. The molecule has 6 heteroatoms. The highest BCUT2D eigenvalue weighted by molar-refractivity contribution is 6.08. The summed E-state index contributed by atoms with van der Waals surface area (Å²) in [7, 11) is 1.53. The van der Waals surface area contributed by atoms with Crippen molar-refractivity contribution in [1.29, 1.82) is 0 Å². The maximum atomic E-state index is 11.8. The fourth-order valence-electron chi connectivity index (χ4n) is 2.66. The van der Waals surface area contributed by atoms with Crippen LogP contribution < -0.4 is 15.8 Å². The summed E-state index contributed by atoms with van der Waals surface area (Å²) in [5.74, 6) is -0.396. The van der Waals surface area contributed by atoms with Gasteiger partial charge in [0.1, 0.15) is 11.4 Å². The molecule has 0 saturated carbocycles. The van der Waals surface area contributed by atoms with Crippen LogP contribution in [0.1, 0.15) is 10.5 Å². The third-order valence-corrected chi connectivity index (χ3v) is 3.93. The van der Waals surface area contributed by atoms with E-state index in [-0.39, 0.29) is 11.6 Å². The number of carbonyl (C=O) groups is 2. The van der Waals surface area contributed by atoms with Crippen molar-refractivity contribution >= 4 is 28.3 Å². The van der Waals surface area contributed by atoms with Gasteiger partial charge in [0.25, 0.3) is 5.91 Å². The molecule has 0 aliphatic carbocycles. The number of hydrogen-bond acceptors (Lipinski definition) is 4. The van der Waals surface area contributed by atoms with Gasteiger partial charge < -0.3 is 15.8 Å². The van der Waals surface area contributed by atoms with Crippen LogP contribution in [-0.4, -0.2) is 23.9 Å². The number of pyridine rings is 1. The van der Waals surface area contributed by atoms with E-state index in [2.05, 4.69) is 16.9 Å². The Hall–Kier alpha value is -3.67. The van der Waals surface area contributed by atoms with Gasteiger partial charge in [-0.25, -0.2) is 4.98 Å². The molecule has 0 radical (unpaired) electrons. The number of primary amides is 1. The van der Waals surface area contributed by atoms with Gasteiger partial charge in [-0.1, -0.05) is 30.8 Å². The number of nitrogens with one attached hydrogen (secondary N) is 1. The molecule has 3 aromatic rings. The molecule has 3 rings (SSSR count). The van der Waals surface area contributed by atoms with Crippen LogP contribution >= 0.6 is 0 Å². The van der Waals surface area contributed by atoms with Crippen LogP contribution in [0.5, 0.6) is 5.75 Å². The lowest BCUT2D eigenvalue weighted by Gasteiger charge is -2.13. The molecular formula is C20H17N3O3. The number of benzene rings is 2. The summed E-state index contributed by atoms with van der Waals surface area (Å²) in [6.07, 6.45) is 1.19. The average Bonchev–Trinajstić information content (AvgIpc) is 2.67. The topological polar surface area (TPSA) is 94.3 Å². The summed E-state index contributed by atoms with van der Waals surface area (Å²) < 4.78 is 5.37. The summed E-state index contributed by atoms with van der Waals surface area (Å²) in [6, 6.07) is 14.4. The van der Waals surface area contributed by atoms with Gasteiger partial charge in [0.15, 0.2) is 0 Å². The molecule has 2 amide bonds. The van der Waals surface area contributed by atoms with Gasteiger partial charge in [-0.2, -0.15) is 0 Å². The molecule has 1 heterocycles. The number of ether oxygens (including phenoxy) is 1. The van der Waals surface area contributed by atoms with Crippen molar-refractivity contribution in [2.24, 2.45) is 5.73 Å². The van der Waals surface area contributed by atoms with Crippen LogP contribution in [0.3, 0.4) is 0 Å². The average molecular weight is 347 g/mol. The molecule has 1 aromatic heterocycles. The minimum absolute atomic E-state index is 0.188. The third kappa shape index (κ3) is 3.25. The van der Waals surface area contributed by atoms with E-state index in [9.17, 15) is 9.59 Å². The van der Waals surface area contributed by atoms with Crippen molar-refractivity contribution in [1.82, 2.24) is 4.98 Å². The number of hydrogen-bond donors (Lipinski definition) is 2. The standard InChI is InChI=1S/C20H17N3O3/c1-3-18(24)23-19-14-11-13(8-7-12(14)9-10-17(19)26-2)15-5-4-6-16(22-15)20(21)25/h3-11H,1H2,2H3,(H2,21,25)(H,23,24). The second kappa shape index (κ2) is 7.06. The second-order valence-corrected chi connectivity index (χ2v) is 5.54. The Labute approximate surface area is 150 Å². The van der Waals surface area contributed by atoms with Crippen molar-refractivity contribution in [2.45, 2.75) is 0 Å². The fraction of sp³-hybridized carbons (Fsp3) is 0.0500. The van der Waals surface area contributed by atoms with E-state index < -0.39 is 5.91 Å². The van der Waals surface area contributed by atoms with Crippen LogP contribution in [0.15, 0.2) is 61.2 Å². The second-order valence-electron chi connectivity index (χ2n) is 5.54. The Morgan fingerprint density at radius 2 is 1.96 bits per heavy atom. The molecule has 0 aliphatic heterocycles. The van der Waals surface area contributed by atoms with Gasteiger partial charge >= 0.3 is 0 Å². The van der Waals surface area contributed by atoms with Crippen molar-refractivity contribution in [3.63, 3.8) is 0 Å². The molecule has 0 saturated heterocycles. The van der Waals surface area contributed by atoms with Crippen LogP contribution in [0.4, 0.5) is 5.69 Å². The van der Waals surface area contributed by atoms with Crippen LogP contribution in [0, 0.1) is 0 Å². The van der Waals surface area contributed by atoms with E-state index in [1.807, 2.05) is 24.3 Å². The fourth-order valence-corrected chi connectivity index (χ4v) is 2.66. The summed E-state index contributed by atoms with van der Waals surface area (Å²) in [5, 5.41) is 4.48. The number of fused-ring (bicyclic) bond motifs is 1. The molecule has 0 spiro atoms. The molecule has 26 heavy (non-hydrogen) atoms. The Balaban J connectivity index is 2.19. The number of aromatic nitrogens is 1. The lowest BCUT2D eigenvalue weighted by atomic mass is 10.0. The van der Waals surface area contributed by atoms with Gasteiger partial charge in [0.05, 0.1) is 18.5 Å². The highest BCUT2D eigenvalue weighted by atomic mass is 16.5. The predicted molar refractivity (Wildman–Crippen MR) is 101 cm³/mol. The SMILES string of the molecule is C=CC(=O)Nc1c(OC)ccc2ccc(-c3cccc(C(N)=O)n3)cc12. The Morgan fingerprint density at radius 3 is 2.65 bits per heavy atom. The molecule has 0 fully saturated rings. The number of methoxy groups -OCH3 is 1. The summed E-state index contributed by atoms with van der Waals surface area (Å²) in [4.78, 5) is 27.5. The number of rotatable bonds is 5.